The number of aryl methyl sites for hydroxylation is 1. The van der Waals surface area contributed by atoms with E-state index in [4.69, 9.17) is 4.42 Å². The normalized spacial score (nSPS) is 11.6. The second-order valence-corrected chi connectivity index (χ2v) is 5.31. The predicted octanol–water partition coefficient (Wildman–Crippen LogP) is 4.00. The number of rotatable bonds is 3. The minimum Gasteiger partial charge on any atom is -0.464 e. The van der Waals surface area contributed by atoms with Crippen molar-refractivity contribution in [2.75, 3.05) is 0 Å². The first-order valence-corrected chi connectivity index (χ1v) is 6.27. The fourth-order valence-electron chi connectivity index (χ4n) is 1.77. The Balaban J connectivity index is 2.40. The van der Waals surface area contributed by atoms with Crippen molar-refractivity contribution in [3.63, 3.8) is 0 Å². The maximum Gasteiger partial charge on any atom is 0.137 e. The third-order valence-corrected chi connectivity index (χ3v) is 3.06. The van der Waals surface area contributed by atoms with Gasteiger partial charge in [-0.1, -0.05) is 29.8 Å². The van der Waals surface area contributed by atoms with Crippen molar-refractivity contribution in [3.8, 4) is 0 Å². The third kappa shape index (κ3) is 2.30. The Morgan fingerprint density at radius 2 is 2.12 bits per heavy atom. The maximum atomic E-state index is 5.61. The van der Waals surface area contributed by atoms with Gasteiger partial charge in [0.1, 0.15) is 5.58 Å². The highest BCUT2D eigenvalue weighted by Crippen LogP contribution is 2.28. The van der Waals surface area contributed by atoms with Crippen molar-refractivity contribution in [2.24, 2.45) is 0 Å². The molecule has 1 heterocycles. The van der Waals surface area contributed by atoms with Crippen LogP contribution in [0.2, 0.25) is 0 Å². The fraction of sp³-hybridized carbons (Fsp3) is 0.385. The molecule has 1 N–H and O–H groups in total. The molecular weight excluding hydrogens is 266 g/mol. The van der Waals surface area contributed by atoms with Crippen molar-refractivity contribution in [2.45, 2.75) is 33.4 Å². The van der Waals surface area contributed by atoms with E-state index in [2.05, 4.69) is 54.2 Å². The summed E-state index contributed by atoms with van der Waals surface area (Å²) in [7, 11) is 0. The largest absolute Gasteiger partial charge is 0.464 e. The third-order valence-electron chi connectivity index (χ3n) is 2.61. The molecule has 1 aromatic heterocycles. The van der Waals surface area contributed by atoms with Gasteiger partial charge in [0.05, 0.1) is 6.26 Å². The molecule has 0 unspecified atom stereocenters. The molecular formula is C13H16BrNO. The second kappa shape index (κ2) is 4.60. The van der Waals surface area contributed by atoms with E-state index >= 15 is 0 Å². The monoisotopic (exact) mass is 281 g/mol. The molecule has 2 rings (SSSR count). The van der Waals surface area contributed by atoms with Crippen molar-refractivity contribution >= 4 is 26.9 Å². The molecule has 0 aliphatic rings. The lowest BCUT2D eigenvalue weighted by atomic mass is 10.1. The van der Waals surface area contributed by atoms with Crippen molar-refractivity contribution in [1.29, 1.82) is 0 Å². The molecule has 2 aromatic rings. The Morgan fingerprint density at radius 1 is 1.38 bits per heavy atom. The molecule has 0 amide bonds. The first-order valence-electron chi connectivity index (χ1n) is 5.47. The smallest absolute Gasteiger partial charge is 0.137 e. The Kier molecular flexibility index (Phi) is 3.36. The molecule has 0 saturated carbocycles. The maximum absolute atomic E-state index is 5.61. The highest BCUT2D eigenvalue weighted by molar-refractivity contribution is 9.10. The van der Waals surface area contributed by atoms with Crippen molar-refractivity contribution in [1.82, 2.24) is 5.32 Å². The van der Waals surface area contributed by atoms with Gasteiger partial charge in [-0.05, 0) is 24.6 Å². The van der Waals surface area contributed by atoms with E-state index < -0.39 is 0 Å². The van der Waals surface area contributed by atoms with Crippen LogP contribution in [0.15, 0.2) is 27.3 Å². The van der Waals surface area contributed by atoms with Gasteiger partial charge < -0.3 is 9.73 Å². The number of halogens is 1. The molecule has 0 radical (unpaired) electrons. The molecule has 0 atom stereocenters. The van der Waals surface area contributed by atoms with Gasteiger partial charge in [-0.25, -0.2) is 0 Å². The van der Waals surface area contributed by atoms with E-state index in [1.165, 1.54) is 16.5 Å². The van der Waals surface area contributed by atoms with E-state index in [1.54, 1.807) is 0 Å². The minimum atomic E-state index is 0.484. The molecule has 16 heavy (non-hydrogen) atoms. The number of furan rings is 1. The van der Waals surface area contributed by atoms with Gasteiger partial charge in [0.2, 0.25) is 0 Å². The zero-order valence-electron chi connectivity index (χ0n) is 9.80. The van der Waals surface area contributed by atoms with Crippen molar-refractivity contribution < 1.29 is 4.42 Å². The molecule has 0 fully saturated rings. The van der Waals surface area contributed by atoms with Gasteiger partial charge in [0.25, 0.3) is 0 Å². The van der Waals surface area contributed by atoms with Crippen LogP contribution in [-0.2, 0) is 6.54 Å². The van der Waals surface area contributed by atoms with Gasteiger partial charge in [0.15, 0.2) is 0 Å². The molecule has 0 spiro atoms. The van der Waals surface area contributed by atoms with Gasteiger partial charge in [-0.2, -0.15) is 0 Å². The predicted molar refractivity (Wildman–Crippen MR) is 70.6 cm³/mol. The number of benzene rings is 1. The standard InChI is InChI=1S/C13H16BrNO/c1-8(2)15-6-10-7-16-13-9(3)4-11(14)5-12(10)13/h4-5,7-8,15H,6H2,1-3H3. The fourth-order valence-corrected chi connectivity index (χ4v) is 2.34. The van der Waals surface area contributed by atoms with Crippen LogP contribution in [0.1, 0.15) is 25.0 Å². The SMILES string of the molecule is Cc1cc(Br)cc2c(CNC(C)C)coc12. The van der Waals surface area contributed by atoms with Gasteiger partial charge in [-0.3, -0.25) is 0 Å². The molecule has 3 heteroatoms. The summed E-state index contributed by atoms with van der Waals surface area (Å²) in [6.07, 6.45) is 1.85. The van der Waals surface area contributed by atoms with Crippen molar-refractivity contribution in [3.05, 3.63) is 34.0 Å². The molecule has 0 aliphatic heterocycles. The first-order chi connectivity index (χ1) is 7.58. The Hall–Kier alpha value is -0.800. The van der Waals surface area contributed by atoms with Crippen LogP contribution in [-0.4, -0.2) is 6.04 Å². The summed E-state index contributed by atoms with van der Waals surface area (Å²) in [5.74, 6) is 0. The molecule has 86 valence electrons. The summed E-state index contributed by atoms with van der Waals surface area (Å²) in [5, 5.41) is 4.60. The zero-order chi connectivity index (χ0) is 11.7. The number of hydrogen-bond donors (Lipinski definition) is 1. The Morgan fingerprint density at radius 3 is 2.81 bits per heavy atom. The number of hydrogen-bond acceptors (Lipinski definition) is 2. The minimum absolute atomic E-state index is 0.484. The van der Waals surface area contributed by atoms with Crippen LogP contribution in [0.25, 0.3) is 11.0 Å². The summed E-state index contributed by atoms with van der Waals surface area (Å²) in [6, 6.07) is 4.67. The van der Waals surface area contributed by atoms with Gasteiger partial charge in [-0.15, -0.1) is 0 Å². The first kappa shape index (κ1) is 11.7. The summed E-state index contributed by atoms with van der Waals surface area (Å²) in [6.45, 7) is 7.20. The quantitative estimate of drug-likeness (QED) is 0.920. The lowest BCUT2D eigenvalue weighted by Gasteiger charge is -2.06. The molecule has 0 aliphatic carbocycles. The van der Waals surface area contributed by atoms with E-state index in [9.17, 15) is 0 Å². The molecule has 0 bridgehead atoms. The van der Waals surface area contributed by atoms with Crippen LogP contribution in [0.5, 0.6) is 0 Å². The van der Waals surface area contributed by atoms with Crippen LogP contribution in [0.3, 0.4) is 0 Å². The average molecular weight is 282 g/mol. The van der Waals surface area contributed by atoms with Crippen LogP contribution < -0.4 is 5.32 Å². The highest BCUT2D eigenvalue weighted by Gasteiger charge is 2.09. The molecule has 2 nitrogen and oxygen atoms in total. The number of fused-ring (bicyclic) bond motifs is 1. The Labute approximate surface area is 104 Å². The molecule has 0 saturated heterocycles. The van der Waals surface area contributed by atoms with Crippen LogP contribution >= 0.6 is 15.9 Å². The van der Waals surface area contributed by atoms with E-state index in [0.29, 0.717) is 6.04 Å². The van der Waals surface area contributed by atoms with Crippen LogP contribution in [0.4, 0.5) is 0 Å². The Bertz CT molecular complexity index is 502. The summed E-state index contributed by atoms with van der Waals surface area (Å²) >= 11 is 3.52. The topological polar surface area (TPSA) is 25.2 Å². The lowest BCUT2D eigenvalue weighted by Crippen LogP contribution is -2.21. The van der Waals surface area contributed by atoms with E-state index in [0.717, 1.165) is 16.6 Å². The number of nitrogens with one attached hydrogen (secondary N) is 1. The zero-order valence-corrected chi connectivity index (χ0v) is 11.4. The van der Waals surface area contributed by atoms with E-state index in [1.807, 2.05) is 6.26 Å². The lowest BCUT2D eigenvalue weighted by molar-refractivity contribution is 0.572. The second-order valence-electron chi connectivity index (χ2n) is 4.40. The molecule has 1 aromatic carbocycles. The van der Waals surface area contributed by atoms with E-state index in [-0.39, 0.29) is 0 Å². The van der Waals surface area contributed by atoms with Gasteiger partial charge >= 0.3 is 0 Å². The average Bonchev–Trinajstić information content (AvgIpc) is 2.58. The summed E-state index contributed by atoms with van der Waals surface area (Å²) < 4.78 is 6.71. The van der Waals surface area contributed by atoms with Crippen LogP contribution in [0, 0.1) is 6.92 Å². The summed E-state index contributed by atoms with van der Waals surface area (Å²) in [5.41, 5.74) is 3.37. The van der Waals surface area contributed by atoms with Gasteiger partial charge in [0, 0.05) is 28.0 Å². The summed E-state index contributed by atoms with van der Waals surface area (Å²) in [4.78, 5) is 0. The highest BCUT2D eigenvalue weighted by atomic mass is 79.9.